The number of urea groups is 1. The van der Waals surface area contributed by atoms with E-state index in [1.807, 2.05) is 43.1 Å². The van der Waals surface area contributed by atoms with Crippen molar-refractivity contribution in [3.63, 3.8) is 0 Å². The van der Waals surface area contributed by atoms with Crippen LogP contribution in [0.25, 0.3) is 10.2 Å². The van der Waals surface area contributed by atoms with Crippen LogP contribution in [-0.4, -0.2) is 42.2 Å². The molecule has 29 heavy (non-hydrogen) atoms. The lowest BCUT2D eigenvalue weighted by Crippen LogP contribution is -2.41. The number of amides is 3. The summed E-state index contributed by atoms with van der Waals surface area (Å²) in [6, 6.07) is 12.3. The number of rotatable bonds is 5. The normalized spacial score (nSPS) is 13.5. The Balaban J connectivity index is 1.31. The summed E-state index contributed by atoms with van der Waals surface area (Å²) in [4.78, 5) is 30.9. The van der Waals surface area contributed by atoms with Gasteiger partial charge < -0.3 is 14.8 Å². The molecule has 4 rings (SSSR count). The van der Waals surface area contributed by atoms with Crippen molar-refractivity contribution in [1.82, 2.24) is 15.2 Å². The predicted octanol–water partition coefficient (Wildman–Crippen LogP) is 3.37. The fraction of sp³-hybridized carbons (Fsp3) is 0.250. The SMILES string of the molecule is CC(c1nc2ccccc2s1)N(C)CC(=O)NC(=O)Nc1ccc2c(c1)OCO2. The number of fused-ring (bicyclic) bond motifs is 2. The number of aromatic nitrogens is 1. The molecule has 0 spiro atoms. The van der Waals surface area contributed by atoms with E-state index >= 15 is 0 Å². The molecule has 1 unspecified atom stereocenters. The van der Waals surface area contributed by atoms with E-state index in [1.54, 1.807) is 29.5 Å². The standard InChI is InChI=1S/C20H20N4O4S/c1-12(19-22-14-5-3-4-6-17(14)29-19)24(2)10-18(25)23-20(26)21-13-7-8-15-16(9-13)28-11-27-15/h3-9,12H,10-11H2,1-2H3,(H2,21,23,25,26). The van der Waals surface area contributed by atoms with E-state index in [-0.39, 0.29) is 19.4 Å². The Morgan fingerprint density at radius 1 is 1.21 bits per heavy atom. The van der Waals surface area contributed by atoms with Crippen molar-refractivity contribution < 1.29 is 19.1 Å². The zero-order chi connectivity index (χ0) is 20.4. The summed E-state index contributed by atoms with van der Waals surface area (Å²) in [5.74, 6) is 0.773. The van der Waals surface area contributed by atoms with Gasteiger partial charge in [0.05, 0.1) is 22.8 Å². The monoisotopic (exact) mass is 412 g/mol. The molecular weight excluding hydrogens is 392 g/mol. The second-order valence-corrected chi connectivity index (χ2v) is 7.74. The number of anilines is 1. The molecule has 2 heterocycles. The zero-order valence-corrected chi connectivity index (χ0v) is 16.8. The molecule has 3 amide bonds. The maximum atomic E-state index is 12.3. The molecule has 150 valence electrons. The average molecular weight is 412 g/mol. The quantitative estimate of drug-likeness (QED) is 0.668. The molecular formula is C20H20N4O4S. The molecule has 0 fully saturated rings. The highest BCUT2D eigenvalue weighted by atomic mass is 32.1. The lowest BCUT2D eigenvalue weighted by atomic mass is 10.3. The summed E-state index contributed by atoms with van der Waals surface area (Å²) in [6.07, 6.45) is 0. The summed E-state index contributed by atoms with van der Waals surface area (Å²) in [6.45, 7) is 2.20. The van der Waals surface area contributed by atoms with Crippen LogP contribution >= 0.6 is 11.3 Å². The molecule has 0 saturated carbocycles. The number of hydrogen-bond acceptors (Lipinski definition) is 7. The van der Waals surface area contributed by atoms with Crippen molar-refractivity contribution in [2.24, 2.45) is 0 Å². The van der Waals surface area contributed by atoms with Crippen LogP contribution in [0.5, 0.6) is 11.5 Å². The van der Waals surface area contributed by atoms with Gasteiger partial charge in [0, 0.05) is 11.8 Å². The maximum Gasteiger partial charge on any atom is 0.325 e. The van der Waals surface area contributed by atoms with Gasteiger partial charge in [-0.3, -0.25) is 15.0 Å². The molecule has 0 saturated heterocycles. The Morgan fingerprint density at radius 3 is 2.83 bits per heavy atom. The third kappa shape index (κ3) is 4.30. The predicted molar refractivity (Wildman–Crippen MR) is 110 cm³/mol. The van der Waals surface area contributed by atoms with Crippen molar-refractivity contribution in [3.8, 4) is 11.5 Å². The van der Waals surface area contributed by atoms with Gasteiger partial charge >= 0.3 is 6.03 Å². The lowest BCUT2D eigenvalue weighted by Gasteiger charge is -2.22. The van der Waals surface area contributed by atoms with Crippen LogP contribution in [0.2, 0.25) is 0 Å². The summed E-state index contributed by atoms with van der Waals surface area (Å²) in [7, 11) is 1.83. The highest BCUT2D eigenvalue weighted by Gasteiger charge is 2.20. The molecule has 1 aliphatic rings. The van der Waals surface area contributed by atoms with Gasteiger partial charge in [-0.15, -0.1) is 11.3 Å². The fourth-order valence-corrected chi connectivity index (χ4v) is 4.01. The van der Waals surface area contributed by atoms with E-state index in [2.05, 4.69) is 15.6 Å². The van der Waals surface area contributed by atoms with Crippen LogP contribution in [0.1, 0.15) is 18.0 Å². The second kappa shape index (κ2) is 8.06. The molecule has 9 heteroatoms. The summed E-state index contributed by atoms with van der Waals surface area (Å²) in [5, 5.41) is 5.88. The first-order valence-corrected chi connectivity index (χ1v) is 9.87. The third-order valence-electron chi connectivity index (χ3n) is 4.61. The molecule has 2 aromatic carbocycles. The van der Waals surface area contributed by atoms with E-state index in [0.29, 0.717) is 17.2 Å². The first-order valence-electron chi connectivity index (χ1n) is 9.06. The summed E-state index contributed by atoms with van der Waals surface area (Å²) < 4.78 is 11.6. The average Bonchev–Trinajstić information content (AvgIpc) is 3.33. The Kier molecular flexibility index (Phi) is 5.32. The van der Waals surface area contributed by atoms with Crippen LogP contribution in [-0.2, 0) is 4.79 Å². The number of likely N-dealkylation sites (N-methyl/N-ethyl adjacent to an activating group) is 1. The van der Waals surface area contributed by atoms with Gasteiger partial charge in [-0.1, -0.05) is 12.1 Å². The van der Waals surface area contributed by atoms with Crippen molar-refractivity contribution >= 4 is 39.2 Å². The van der Waals surface area contributed by atoms with E-state index in [9.17, 15) is 9.59 Å². The van der Waals surface area contributed by atoms with E-state index < -0.39 is 11.9 Å². The summed E-state index contributed by atoms with van der Waals surface area (Å²) in [5.41, 5.74) is 1.45. The number of imide groups is 1. The molecule has 8 nitrogen and oxygen atoms in total. The van der Waals surface area contributed by atoms with Crippen molar-refractivity contribution in [1.29, 1.82) is 0 Å². The van der Waals surface area contributed by atoms with E-state index in [0.717, 1.165) is 15.2 Å². The number of nitrogens with one attached hydrogen (secondary N) is 2. The number of carbonyl (C=O) groups excluding carboxylic acids is 2. The number of hydrogen-bond donors (Lipinski definition) is 2. The number of ether oxygens (including phenoxy) is 2. The molecule has 1 aliphatic heterocycles. The van der Waals surface area contributed by atoms with Gasteiger partial charge in [0.15, 0.2) is 11.5 Å². The number of nitrogens with zero attached hydrogens (tertiary/aromatic N) is 2. The Labute approximate surface area is 171 Å². The smallest absolute Gasteiger partial charge is 0.325 e. The minimum Gasteiger partial charge on any atom is -0.454 e. The largest absolute Gasteiger partial charge is 0.454 e. The van der Waals surface area contributed by atoms with Crippen LogP contribution in [0.4, 0.5) is 10.5 Å². The van der Waals surface area contributed by atoms with Crippen LogP contribution in [0.3, 0.4) is 0 Å². The molecule has 3 aromatic rings. The Morgan fingerprint density at radius 2 is 2.00 bits per heavy atom. The minimum absolute atomic E-state index is 0.0601. The molecule has 1 atom stereocenters. The highest BCUT2D eigenvalue weighted by Crippen LogP contribution is 2.34. The highest BCUT2D eigenvalue weighted by molar-refractivity contribution is 7.18. The molecule has 1 aromatic heterocycles. The fourth-order valence-electron chi connectivity index (χ4n) is 2.92. The van der Waals surface area contributed by atoms with Crippen molar-refractivity contribution in [2.45, 2.75) is 13.0 Å². The van der Waals surface area contributed by atoms with Crippen molar-refractivity contribution in [3.05, 3.63) is 47.5 Å². The Hall–Kier alpha value is -3.17. The molecule has 2 N–H and O–H groups in total. The number of thiazole rings is 1. The van der Waals surface area contributed by atoms with Crippen LogP contribution < -0.4 is 20.1 Å². The van der Waals surface area contributed by atoms with E-state index in [4.69, 9.17) is 9.47 Å². The van der Waals surface area contributed by atoms with Gasteiger partial charge in [0.2, 0.25) is 12.7 Å². The maximum absolute atomic E-state index is 12.3. The third-order valence-corrected chi connectivity index (χ3v) is 5.81. The summed E-state index contributed by atoms with van der Waals surface area (Å²) >= 11 is 1.60. The zero-order valence-electron chi connectivity index (χ0n) is 16.0. The first kappa shape index (κ1) is 19.2. The molecule has 0 radical (unpaired) electrons. The van der Waals surface area contributed by atoms with Gasteiger partial charge in [-0.05, 0) is 38.2 Å². The van der Waals surface area contributed by atoms with Gasteiger partial charge in [-0.25, -0.2) is 9.78 Å². The first-order chi connectivity index (χ1) is 14.0. The molecule has 0 bridgehead atoms. The van der Waals surface area contributed by atoms with Crippen LogP contribution in [0.15, 0.2) is 42.5 Å². The minimum atomic E-state index is -0.602. The van der Waals surface area contributed by atoms with E-state index in [1.165, 1.54) is 0 Å². The molecule has 0 aliphatic carbocycles. The number of benzene rings is 2. The van der Waals surface area contributed by atoms with Crippen molar-refractivity contribution in [2.75, 3.05) is 25.7 Å². The number of para-hydroxylation sites is 1. The lowest BCUT2D eigenvalue weighted by molar-refractivity contribution is -0.121. The van der Waals surface area contributed by atoms with Gasteiger partial charge in [0.25, 0.3) is 0 Å². The Bertz CT molecular complexity index is 1030. The van der Waals surface area contributed by atoms with Gasteiger partial charge in [0.1, 0.15) is 5.01 Å². The topological polar surface area (TPSA) is 92.8 Å². The second-order valence-electron chi connectivity index (χ2n) is 6.68. The van der Waals surface area contributed by atoms with Crippen LogP contribution in [0, 0.1) is 0 Å². The van der Waals surface area contributed by atoms with Gasteiger partial charge in [-0.2, -0.15) is 0 Å². The number of carbonyl (C=O) groups is 2.